The first-order chi connectivity index (χ1) is 13.3. The van der Waals surface area contributed by atoms with Crippen LogP contribution in [0.25, 0.3) is 11.1 Å². The van der Waals surface area contributed by atoms with Gasteiger partial charge in [0.05, 0.1) is 28.7 Å². The predicted octanol–water partition coefficient (Wildman–Crippen LogP) is 3.91. The van der Waals surface area contributed by atoms with E-state index in [-0.39, 0.29) is 41.4 Å². The number of nitro benzene ring substituents is 1. The number of non-ortho nitro benzene ring substituents is 1. The number of ketones is 1. The molecule has 0 fully saturated rings. The minimum absolute atomic E-state index is 0.00331. The molecule has 0 bridgehead atoms. The number of aromatic nitrogens is 1. The van der Waals surface area contributed by atoms with Gasteiger partial charge < -0.3 is 9.47 Å². The molecule has 144 valence electrons. The maximum atomic E-state index is 12.3. The maximum Gasteiger partial charge on any atom is 0.513 e. The van der Waals surface area contributed by atoms with Gasteiger partial charge in [0.1, 0.15) is 6.61 Å². The van der Waals surface area contributed by atoms with Gasteiger partial charge in [-0.15, -0.1) is 0 Å². The quantitative estimate of drug-likeness (QED) is 0.241. The van der Waals surface area contributed by atoms with E-state index < -0.39 is 11.1 Å². The van der Waals surface area contributed by atoms with E-state index in [0.29, 0.717) is 17.0 Å². The highest BCUT2D eigenvalue weighted by atomic mass is 16.7. The number of carbonyl (C=O) groups excluding carboxylic acids is 2. The summed E-state index contributed by atoms with van der Waals surface area (Å²) in [5, 5.41) is 19.7. The fourth-order valence-electron chi connectivity index (χ4n) is 2.73. The van der Waals surface area contributed by atoms with Gasteiger partial charge in [0.2, 0.25) is 0 Å². The zero-order valence-electron chi connectivity index (χ0n) is 15.5. The second kappa shape index (κ2) is 8.73. The molecule has 2 aromatic rings. The van der Waals surface area contributed by atoms with Gasteiger partial charge in [-0.1, -0.05) is 12.1 Å². The number of aryl methyl sites for hydroxylation is 2. The summed E-state index contributed by atoms with van der Waals surface area (Å²) >= 11 is 0. The summed E-state index contributed by atoms with van der Waals surface area (Å²) in [6.07, 6.45) is -1.07. The number of hydrogen-bond donors (Lipinski definition) is 0. The molecule has 9 heteroatoms. The lowest BCUT2D eigenvalue weighted by molar-refractivity contribution is -0.384. The molecule has 0 aliphatic rings. The molecule has 0 N–H and O–H groups in total. The molecule has 0 aliphatic heterocycles. The standard InChI is InChI=1S/C19H17N3O6/c1-11-16(13(3)23)17(14-6-4-7-15(10-14)22(25)26)18(12(2)21-11)28-19(24)27-9-5-8-20/h4,6-7,10H,5,9H2,1-3H3. The van der Waals surface area contributed by atoms with E-state index in [0.717, 1.165) is 0 Å². The van der Waals surface area contributed by atoms with Gasteiger partial charge in [0.15, 0.2) is 11.5 Å². The monoisotopic (exact) mass is 383 g/mol. The molecule has 2 rings (SSSR count). The molecule has 1 aromatic heterocycles. The summed E-state index contributed by atoms with van der Waals surface area (Å²) in [5.74, 6) is -0.368. The first-order valence-electron chi connectivity index (χ1n) is 8.24. The van der Waals surface area contributed by atoms with Crippen molar-refractivity contribution < 1.29 is 24.0 Å². The Bertz CT molecular complexity index is 994. The lowest BCUT2D eigenvalue weighted by Gasteiger charge is -2.17. The molecule has 0 aliphatic carbocycles. The predicted molar refractivity (Wildman–Crippen MR) is 98.0 cm³/mol. The minimum Gasteiger partial charge on any atom is -0.433 e. The van der Waals surface area contributed by atoms with Crippen LogP contribution in [-0.4, -0.2) is 28.5 Å². The molecule has 0 atom stereocenters. The van der Waals surface area contributed by atoms with Crippen LogP contribution in [0.4, 0.5) is 10.5 Å². The smallest absolute Gasteiger partial charge is 0.433 e. The molecular formula is C19H17N3O6. The van der Waals surface area contributed by atoms with Crippen LogP contribution in [0, 0.1) is 35.3 Å². The van der Waals surface area contributed by atoms with Crippen LogP contribution >= 0.6 is 0 Å². The van der Waals surface area contributed by atoms with Gasteiger partial charge in [-0.3, -0.25) is 19.9 Å². The summed E-state index contributed by atoms with van der Waals surface area (Å²) in [4.78, 5) is 39.1. The number of nitrogens with zero attached hydrogens (tertiary/aromatic N) is 3. The molecule has 0 spiro atoms. The van der Waals surface area contributed by atoms with E-state index in [2.05, 4.69) is 4.98 Å². The van der Waals surface area contributed by atoms with E-state index >= 15 is 0 Å². The number of hydrogen-bond acceptors (Lipinski definition) is 8. The molecule has 1 heterocycles. The lowest BCUT2D eigenvalue weighted by atomic mass is 9.94. The largest absolute Gasteiger partial charge is 0.513 e. The fraction of sp³-hybridized carbons (Fsp3) is 0.263. The molecule has 28 heavy (non-hydrogen) atoms. The summed E-state index contributed by atoms with van der Waals surface area (Å²) in [7, 11) is 0. The average Bonchev–Trinajstić information content (AvgIpc) is 2.63. The topological polar surface area (TPSA) is 132 Å². The van der Waals surface area contributed by atoms with Crippen LogP contribution in [0.5, 0.6) is 5.75 Å². The van der Waals surface area contributed by atoms with Crippen molar-refractivity contribution in [2.24, 2.45) is 0 Å². The van der Waals surface area contributed by atoms with Crippen molar-refractivity contribution in [1.82, 2.24) is 4.98 Å². The van der Waals surface area contributed by atoms with Crippen LogP contribution in [0.1, 0.15) is 35.1 Å². The zero-order valence-corrected chi connectivity index (χ0v) is 15.5. The van der Waals surface area contributed by atoms with Gasteiger partial charge >= 0.3 is 6.16 Å². The van der Waals surface area contributed by atoms with E-state index in [4.69, 9.17) is 14.7 Å². The Morgan fingerprint density at radius 1 is 1.29 bits per heavy atom. The summed E-state index contributed by atoms with van der Waals surface area (Å²) in [5.41, 5.74) is 1.26. The van der Waals surface area contributed by atoms with Crippen molar-refractivity contribution in [3.05, 3.63) is 51.3 Å². The minimum atomic E-state index is -1.06. The Kier molecular flexibility index (Phi) is 6.39. The Morgan fingerprint density at radius 3 is 2.61 bits per heavy atom. The molecule has 0 saturated carbocycles. The van der Waals surface area contributed by atoms with Crippen molar-refractivity contribution >= 4 is 17.6 Å². The third-order valence-corrected chi connectivity index (χ3v) is 3.82. The molecule has 9 nitrogen and oxygen atoms in total. The lowest BCUT2D eigenvalue weighted by Crippen LogP contribution is -2.15. The SMILES string of the molecule is CC(=O)c1c(C)nc(C)c(OC(=O)OCCC#N)c1-c1cccc([N+](=O)[O-])c1. The third kappa shape index (κ3) is 4.48. The molecule has 0 unspecified atom stereocenters. The Balaban J connectivity index is 2.65. The van der Waals surface area contributed by atoms with Crippen molar-refractivity contribution in [3.63, 3.8) is 0 Å². The highest BCUT2D eigenvalue weighted by molar-refractivity contribution is 6.04. The van der Waals surface area contributed by atoms with Gasteiger partial charge in [-0.2, -0.15) is 5.26 Å². The van der Waals surface area contributed by atoms with Crippen molar-refractivity contribution in [2.45, 2.75) is 27.2 Å². The van der Waals surface area contributed by atoms with E-state index in [1.807, 2.05) is 6.07 Å². The van der Waals surface area contributed by atoms with Crippen LogP contribution in [0.2, 0.25) is 0 Å². The van der Waals surface area contributed by atoms with Gasteiger partial charge in [-0.25, -0.2) is 4.79 Å². The van der Waals surface area contributed by atoms with E-state index in [1.54, 1.807) is 19.9 Å². The molecule has 1 aromatic carbocycles. The molecule has 0 saturated heterocycles. The molecule has 0 amide bonds. The highest BCUT2D eigenvalue weighted by Gasteiger charge is 2.25. The number of benzene rings is 1. The highest BCUT2D eigenvalue weighted by Crippen LogP contribution is 2.38. The van der Waals surface area contributed by atoms with Gasteiger partial charge in [0.25, 0.3) is 5.69 Å². The first-order valence-corrected chi connectivity index (χ1v) is 8.24. The summed E-state index contributed by atoms with van der Waals surface area (Å²) < 4.78 is 10.1. The molecule has 0 radical (unpaired) electrons. The second-order valence-electron chi connectivity index (χ2n) is 5.83. The van der Waals surface area contributed by atoms with Crippen LogP contribution in [-0.2, 0) is 4.74 Å². The van der Waals surface area contributed by atoms with Gasteiger partial charge in [0, 0.05) is 23.4 Å². The average molecular weight is 383 g/mol. The van der Waals surface area contributed by atoms with E-state index in [9.17, 15) is 19.7 Å². The number of rotatable bonds is 6. The number of Topliss-reactive ketones (excluding diaryl/α,β-unsaturated/α-hetero) is 1. The third-order valence-electron chi connectivity index (χ3n) is 3.82. The van der Waals surface area contributed by atoms with Crippen molar-refractivity contribution in [1.29, 1.82) is 5.26 Å². The first kappa shape index (κ1) is 20.5. The van der Waals surface area contributed by atoms with Crippen LogP contribution < -0.4 is 4.74 Å². The van der Waals surface area contributed by atoms with E-state index in [1.165, 1.54) is 25.1 Å². The number of nitro groups is 1. The number of nitriles is 1. The van der Waals surface area contributed by atoms with Crippen molar-refractivity contribution in [3.8, 4) is 22.9 Å². The second-order valence-corrected chi connectivity index (χ2v) is 5.83. The number of pyridine rings is 1. The fourth-order valence-corrected chi connectivity index (χ4v) is 2.73. The summed E-state index contributed by atoms with van der Waals surface area (Å²) in [6.45, 7) is 4.38. The van der Waals surface area contributed by atoms with Gasteiger partial charge in [-0.05, 0) is 26.3 Å². The number of ether oxygens (including phenoxy) is 2. The normalized spacial score (nSPS) is 10.1. The summed E-state index contributed by atoms with van der Waals surface area (Å²) in [6, 6.07) is 7.47. The number of carbonyl (C=O) groups is 2. The Hall–Kier alpha value is -3.80. The van der Waals surface area contributed by atoms with Crippen LogP contribution in [0.15, 0.2) is 24.3 Å². The molecular weight excluding hydrogens is 366 g/mol. The van der Waals surface area contributed by atoms with Crippen molar-refractivity contribution in [2.75, 3.05) is 6.61 Å². The Morgan fingerprint density at radius 2 is 2.00 bits per heavy atom. The Labute approximate surface area is 160 Å². The maximum absolute atomic E-state index is 12.3. The van der Waals surface area contributed by atoms with Crippen LogP contribution in [0.3, 0.4) is 0 Å². The zero-order chi connectivity index (χ0) is 20.8.